The van der Waals surface area contributed by atoms with E-state index >= 15 is 0 Å². The molecule has 0 unspecified atom stereocenters. The van der Waals surface area contributed by atoms with Crippen molar-refractivity contribution < 1.29 is 13.2 Å². The van der Waals surface area contributed by atoms with Crippen LogP contribution in [0.15, 0.2) is 90.3 Å². The second kappa shape index (κ2) is 10.7. The van der Waals surface area contributed by atoms with Crippen LogP contribution in [0.1, 0.15) is 44.2 Å². The summed E-state index contributed by atoms with van der Waals surface area (Å²) in [6.45, 7) is 4.10. The Hall–Kier alpha value is -3.33. The average molecular weight is 459 g/mol. The molecule has 0 aliphatic heterocycles. The summed E-state index contributed by atoms with van der Waals surface area (Å²) >= 11 is 0. The SMILES string of the molecule is CCCc1ccc(-c2ccc(-c3ccc(/C=C/C4=CC[C@H](CC)C(F)=C4)cc3)c(F)c2F)cc1. The van der Waals surface area contributed by atoms with Crippen molar-refractivity contribution in [3.8, 4) is 22.3 Å². The molecular formula is C31H29F3. The Bertz CT molecular complexity index is 1230. The zero-order valence-electron chi connectivity index (χ0n) is 19.6. The monoisotopic (exact) mass is 458 g/mol. The molecule has 0 saturated heterocycles. The van der Waals surface area contributed by atoms with E-state index in [1.54, 1.807) is 30.3 Å². The molecule has 3 aromatic rings. The molecule has 3 heteroatoms. The minimum atomic E-state index is -0.850. The number of benzene rings is 3. The lowest BCUT2D eigenvalue weighted by Crippen LogP contribution is -2.02. The van der Waals surface area contributed by atoms with E-state index in [0.717, 1.165) is 30.4 Å². The lowest BCUT2D eigenvalue weighted by atomic mass is 9.93. The third-order valence-electron chi connectivity index (χ3n) is 6.40. The molecule has 0 aromatic heterocycles. The van der Waals surface area contributed by atoms with Gasteiger partial charge in [0.25, 0.3) is 0 Å². The zero-order valence-corrected chi connectivity index (χ0v) is 19.6. The van der Waals surface area contributed by atoms with Gasteiger partial charge in [0.15, 0.2) is 11.6 Å². The summed E-state index contributed by atoms with van der Waals surface area (Å²) in [6, 6.07) is 18.1. The summed E-state index contributed by atoms with van der Waals surface area (Å²) in [4.78, 5) is 0. The number of aryl methyl sites for hydroxylation is 1. The highest BCUT2D eigenvalue weighted by Gasteiger charge is 2.16. The highest BCUT2D eigenvalue weighted by Crippen LogP contribution is 2.32. The van der Waals surface area contributed by atoms with Crippen molar-refractivity contribution in [3.63, 3.8) is 0 Å². The molecule has 0 fully saturated rings. The molecule has 0 saturated carbocycles. The molecule has 0 bridgehead atoms. The fourth-order valence-electron chi connectivity index (χ4n) is 4.31. The topological polar surface area (TPSA) is 0 Å². The van der Waals surface area contributed by atoms with Crippen LogP contribution < -0.4 is 0 Å². The molecule has 1 aliphatic carbocycles. The van der Waals surface area contributed by atoms with E-state index in [1.165, 1.54) is 5.56 Å². The largest absolute Gasteiger partial charge is 0.211 e. The van der Waals surface area contributed by atoms with Crippen molar-refractivity contribution in [2.24, 2.45) is 5.92 Å². The number of hydrogen-bond donors (Lipinski definition) is 0. The summed E-state index contributed by atoms with van der Waals surface area (Å²) in [7, 11) is 0. The van der Waals surface area contributed by atoms with Crippen LogP contribution in [0.5, 0.6) is 0 Å². The van der Waals surface area contributed by atoms with Crippen LogP contribution in [-0.2, 0) is 6.42 Å². The molecule has 1 atom stereocenters. The molecule has 3 aromatic carbocycles. The zero-order chi connectivity index (χ0) is 24.1. The van der Waals surface area contributed by atoms with E-state index in [0.29, 0.717) is 17.5 Å². The van der Waals surface area contributed by atoms with Crippen molar-refractivity contribution in [2.45, 2.75) is 39.5 Å². The average Bonchev–Trinajstić information content (AvgIpc) is 2.86. The summed E-state index contributed by atoms with van der Waals surface area (Å²) in [5.41, 5.74) is 4.69. The Balaban J connectivity index is 1.52. The summed E-state index contributed by atoms with van der Waals surface area (Å²) in [5, 5.41) is 0. The van der Waals surface area contributed by atoms with Gasteiger partial charge < -0.3 is 0 Å². The molecule has 0 spiro atoms. The molecule has 0 nitrogen and oxygen atoms in total. The second-order valence-electron chi connectivity index (χ2n) is 8.77. The molecule has 0 N–H and O–H groups in total. The number of allylic oxidation sites excluding steroid dienone is 5. The fourth-order valence-corrected chi connectivity index (χ4v) is 4.31. The van der Waals surface area contributed by atoms with Crippen LogP contribution in [-0.4, -0.2) is 0 Å². The van der Waals surface area contributed by atoms with Gasteiger partial charge in [-0.25, -0.2) is 13.2 Å². The van der Waals surface area contributed by atoms with Crippen LogP contribution in [0.3, 0.4) is 0 Å². The maximum Gasteiger partial charge on any atom is 0.167 e. The van der Waals surface area contributed by atoms with Gasteiger partial charge in [0.05, 0.1) is 0 Å². The standard InChI is InChI=1S/C31H29F3/c1-3-5-21-8-14-25(15-9-21)27-18-19-28(31(34)30(27)33)26-16-10-22(11-17-26)6-7-23-12-13-24(4-2)29(32)20-23/h6-12,14-20,24H,3-5,13H2,1-2H3/b7-6+/t24-/m0/s1. The van der Waals surface area contributed by atoms with Gasteiger partial charge in [-0.2, -0.15) is 0 Å². The molecular weight excluding hydrogens is 429 g/mol. The van der Waals surface area contributed by atoms with Crippen molar-refractivity contribution >= 4 is 6.08 Å². The van der Waals surface area contributed by atoms with Crippen molar-refractivity contribution in [3.05, 3.63) is 113 Å². The van der Waals surface area contributed by atoms with Crippen molar-refractivity contribution in [1.82, 2.24) is 0 Å². The molecule has 0 radical (unpaired) electrons. The number of rotatable bonds is 7. The highest BCUT2D eigenvalue weighted by atomic mass is 19.2. The maximum absolute atomic E-state index is 15.0. The van der Waals surface area contributed by atoms with Gasteiger partial charge in [0.2, 0.25) is 0 Å². The Morgan fingerprint density at radius 2 is 1.35 bits per heavy atom. The minimum Gasteiger partial charge on any atom is -0.211 e. The Kier molecular flexibility index (Phi) is 7.52. The van der Waals surface area contributed by atoms with Gasteiger partial charge >= 0.3 is 0 Å². The van der Waals surface area contributed by atoms with Gasteiger partial charge in [-0.1, -0.05) is 99.2 Å². The lowest BCUT2D eigenvalue weighted by Gasteiger charge is -2.15. The van der Waals surface area contributed by atoms with Gasteiger partial charge in [0, 0.05) is 17.0 Å². The van der Waals surface area contributed by atoms with Crippen LogP contribution in [0.2, 0.25) is 0 Å². The number of halogens is 3. The van der Waals surface area contributed by atoms with Crippen LogP contribution in [0.4, 0.5) is 13.2 Å². The lowest BCUT2D eigenvalue weighted by molar-refractivity contribution is 0.451. The third kappa shape index (κ3) is 5.25. The van der Waals surface area contributed by atoms with E-state index in [1.807, 2.05) is 61.5 Å². The first-order valence-electron chi connectivity index (χ1n) is 11.9. The van der Waals surface area contributed by atoms with E-state index < -0.39 is 11.6 Å². The first-order chi connectivity index (χ1) is 16.5. The number of hydrogen-bond acceptors (Lipinski definition) is 0. The Labute approximate surface area is 200 Å². The van der Waals surface area contributed by atoms with E-state index in [-0.39, 0.29) is 22.9 Å². The van der Waals surface area contributed by atoms with Crippen LogP contribution >= 0.6 is 0 Å². The summed E-state index contributed by atoms with van der Waals surface area (Å²) < 4.78 is 44.0. The van der Waals surface area contributed by atoms with Gasteiger partial charge in [-0.3, -0.25) is 0 Å². The molecule has 0 heterocycles. The first-order valence-corrected chi connectivity index (χ1v) is 11.9. The Morgan fingerprint density at radius 1 is 0.765 bits per heavy atom. The summed E-state index contributed by atoms with van der Waals surface area (Å²) in [5.74, 6) is -1.78. The van der Waals surface area contributed by atoms with Gasteiger partial charge in [-0.15, -0.1) is 0 Å². The van der Waals surface area contributed by atoms with Crippen molar-refractivity contribution in [2.75, 3.05) is 0 Å². The smallest absolute Gasteiger partial charge is 0.167 e. The van der Waals surface area contributed by atoms with Gasteiger partial charge in [-0.05, 0) is 53.2 Å². The van der Waals surface area contributed by atoms with Crippen LogP contribution in [0.25, 0.3) is 28.3 Å². The molecule has 34 heavy (non-hydrogen) atoms. The van der Waals surface area contributed by atoms with Gasteiger partial charge in [0.1, 0.15) is 5.83 Å². The maximum atomic E-state index is 15.0. The van der Waals surface area contributed by atoms with Crippen molar-refractivity contribution in [1.29, 1.82) is 0 Å². The minimum absolute atomic E-state index is 0.0152. The van der Waals surface area contributed by atoms with E-state index in [4.69, 9.17) is 0 Å². The normalized spacial score (nSPS) is 16.0. The van der Waals surface area contributed by atoms with E-state index in [2.05, 4.69) is 6.92 Å². The predicted molar refractivity (Wildman–Crippen MR) is 136 cm³/mol. The summed E-state index contributed by atoms with van der Waals surface area (Å²) in [6.07, 6.45) is 10.9. The highest BCUT2D eigenvalue weighted by molar-refractivity contribution is 5.72. The van der Waals surface area contributed by atoms with Crippen LogP contribution in [0, 0.1) is 17.6 Å². The second-order valence-corrected chi connectivity index (χ2v) is 8.77. The molecule has 4 rings (SSSR count). The molecule has 0 amide bonds. The predicted octanol–water partition coefficient (Wildman–Crippen LogP) is 9.47. The molecule has 174 valence electrons. The molecule has 1 aliphatic rings. The quantitative estimate of drug-likeness (QED) is 0.331. The third-order valence-corrected chi connectivity index (χ3v) is 6.40. The Morgan fingerprint density at radius 3 is 1.88 bits per heavy atom. The fraction of sp³-hybridized carbons (Fsp3) is 0.226. The van der Waals surface area contributed by atoms with E-state index in [9.17, 15) is 13.2 Å². The first kappa shape index (κ1) is 23.8.